The number of rotatable bonds is 6. The molecule has 7 nitrogen and oxygen atoms in total. The highest BCUT2D eigenvalue weighted by atomic mass is 17.2. The van der Waals surface area contributed by atoms with Crippen LogP contribution in [0.15, 0.2) is 30.4 Å². The molecule has 1 unspecified atom stereocenters. The average Bonchev–Trinajstić information content (AvgIpc) is 2.56. The summed E-state index contributed by atoms with van der Waals surface area (Å²) in [5.74, 6) is -2.68. The summed E-state index contributed by atoms with van der Waals surface area (Å²) in [6, 6.07) is 4.62. The fraction of sp³-hybridized carbons (Fsp3) is 0.353. The van der Waals surface area contributed by atoms with Crippen molar-refractivity contribution in [2.24, 2.45) is 0 Å². The lowest BCUT2D eigenvalue weighted by Gasteiger charge is -2.12. The molecule has 1 aromatic carbocycles. The highest BCUT2D eigenvalue weighted by molar-refractivity contribution is 6.04. The third-order valence-corrected chi connectivity index (χ3v) is 2.95. The van der Waals surface area contributed by atoms with Crippen LogP contribution in [0.2, 0.25) is 0 Å². The van der Waals surface area contributed by atoms with Crippen LogP contribution < -0.4 is 0 Å². The van der Waals surface area contributed by atoms with Crippen molar-refractivity contribution in [2.45, 2.75) is 33.3 Å². The van der Waals surface area contributed by atoms with Crippen LogP contribution in [0.5, 0.6) is 0 Å². The van der Waals surface area contributed by atoms with Crippen LogP contribution in [0.3, 0.4) is 0 Å². The zero-order chi connectivity index (χ0) is 18.3. The number of hydrogen-bond acceptors (Lipinski definition) is 7. The van der Waals surface area contributed by atoms with Gasteiger partial charge in [0.25, 0.3) is 0 Å². The van der Waals surface area contributed by atoms with E-state index < -0.39 is 24.0 Å². The lowest BCUT2D eigenvalue weighted by Crippen LogP contribution is -2.20. The molecule has 0 radical (unpaired) electrons. The molecule has 24 heavy (non-hydrogen) atoms. The quantitative estimate of drug-likeness (QED) is 0.367. The van der Waals surface area contributed by atoms with Crippen LogP contribution in [0.4, 0.5) is 0 Å². The molecule has 1 N–H and O–H groups in total. The summed E-state index contributed by atoms with van der Waals surface area (Å²) in [5, 5.41) is 9.19. The van der Waals surface area contributed by atoms with Gasteiger partial charge in [0.15, 0.2) is 0 Å². The van der Waals surface area contributed by atoms with E-state index in [1.54, 1.807) is 19.1 Å². The van der Waals surface area contributed by atoms with Crippen molar-refractivity contribution >= 4 is 17.9 Å². The van der Waals surface area contributed by atoms with Gasteiger partial charge in [-0.05, 0) is 31.9 Å². The second-order valence-corrected chi connectivity index (χ2v) is 5.16. The Kier molecular flexibility index (Phi) is 7.13. The molecular formula is C17H20O7. The third kappa shape index (κ3) is 5.20. The van der Waals surface area contributed by atoms with Crippen molar-refractivity contribution in [3.63, 3.8) is 0 Å². The summed E-state index contributed by atoms with van der Waals surface area (Å²) in [5.41, 5.74) is 0.498. The van der Waals surface area contributed by atoms with E-state index in [4.69, 9.17) is 4.74 Å². The highest BCUT2D eigenvalue weighted by Gasteiger charge is 2.24. The summed E-state index contributed by atoms with van der Waals surface area (Å²) >= 11 is 0. The minimum atomic E-state index is -0.994. The van der Waals surface area contributed by atoms with E-state index in [1.165, 1.54) is 19.9 Å². The van der Waals surface area contributed by atoms with E-state index in [0.29, 0.717) is 12.0 Å². The average molecular weight is 336 g/mol. The van der Waals surface area contributed by atoms with Gasteiger partial charge in [0, 0.05) is 5.57 Å². The van der Waals surface area contributed by atoms with E-state index in [2.05, 4.69) is 16.4 Å². The standard InChI is InChI=1S/C17H20O7/c1-5-12-7-6-8-13(16(20)22-9-11(4)18)14(12)17(21)24-23-15(19)10(2)3/h6-8,11,18H,2,5,9H2,1,3-4H3. The molecule has 0 fully saturated rings. The third-order valence-electron chi connectivity index (χ3n) is 2.95. The summed E-state index contributed by atoms with van der Waals surface area (Å²) < 4.78 is 4.93. The number of aliphatic hydroxyl groups excluding tert-OH is 1. The first-order valence-electron chi connectivity index (χ1n) is 7.33. The number of aryl methyl sites for hydroxylation is 1. The number of esters is 1. The fourth-order valence-electron chi connectivity index (χ4n) is 1.77. The van der Waals surface area contributed by atoms with Crippen molar-refractivity contribution in [1.82, 2.24) is 0 Å². The van der Waals surface area contributed by atoms with Crippen LogP contribution in [0.1, 0.15) is 47.1 Å². The molecule has 7 heteroatoms. The summed E-state index contributed by atoms with van der Waals surface area (Å²) in [6.45, 7) is 7.80. The van der Waals surface area contributed by atoms with Crippen LogP contribution in [0.25, 0.3) is 0 Å². The molecule has 0 heterocycles. The van der Waals surface area contributed by atoms with E-state index in [-0.39, 0.29) is 23.3 Å². The van der Waals surface area contributed by atoms with Gasteiger partial charge in [0.1, 0.15) is 6.61 Å². The lowest BCUT2D eigenvalue weighted by atomic mass is 9.99. The first kappa shape index (κ1) is 19.4. The van der Waals surface area contributed by atoms with Crippen molar-refractivity contribution < 1.29 is 34.0 Å². The van der Waals surface area contributed by atoms with Crippen LogP contribution >= 0.6 is 0 Å². The minimum absolute atomic E-state index is 0.0358. The molecule has 0 amide bonds. The number of carbonyl (C=O) groups is 3. The molecule has 0 aliphatic heterocycles. The molecule has 1 atom stereocenters. The monoisotopic (exact) mass is 336 g/mol. The van der Waals surface area contributed by atoms with Gasteiger partial charge in [-0.1, -0.05) is 25.6 Å². The van der Waals surface area contributed by atoms with Gasteiger partial charge >= 0.3 is 17.9 Å². The van der Waals surface area contributed by atoms with Gasteiger partial charge in [0.2, 0.25) is 0 Å². The molecule has 1 aromatic rings. The predicted octanol–water partition coefficient (Wildman–Crippen LogP) is 1.98. The zero-order valence-corrected chi connectivity index (χ0v) is 13.8. The van der Waals surface area contributed by atoms with E-state index in [9.17, 15) is 19.5 Å². The first-order valence-corrected chi connectivity index (χ1v) is 7.33. The number of hydrogen-bond donors (Lipinski definition) is 1. The lowest BCUT2D eigenvalue weighted by molar-refractivity contribution is -0.229. The second kappa shape index (κ2) is 8.83. The van der Waals surface area contributed by atoms with Crippen molar-refractivity contribution in [2.75, 3.05) is 6.61 Å². The summed E-state index contributed by atoms with van der Waals surface area (Å²) in [4.78, 5) is 44.5. The molecule has 0 aliphatic carbocycles. The van der Waals surface area contributed by atoms with Gasteiger partial charge in [-0.25, -0.2) is 24.2 Å². The highest BCUT2D eigenvalue weighted by Crippen LogP contribution is 2.19. The van der Waals surface area contributed by atoms with Gasteiger partial charge in [0.05, 0.1) is 17.2 Å². The molecule has 0 bridgehead atoms. The molecule has 0 aromatic heterocycles. The molecule has 130 valence electrons. The van der Waals surface area contributed by atoms with Crippen LogP contribution in [-0.4, -0.2) is 35.7 Å². The molecule has 0 spiro atoms. The van der Waals surface area contributed by atoms with Crippen LogP contribution in [-0.2, 0) is 25.7 Å². The summed E-state index contributed by atoms with van der Waals surface area (Å²) in [7, 11) is 0. The zero-order valence-electron chi connectivity index (χ0n) is 13.8. The molecule has 0 aliphatic rings. The minimum Gasteiger partial charge on any atom is -0.459 e. The molecule has 0 saturated carbocycles. The van der Waals surface area contributed by atoms with E-state index in [0.717, 1.165) is 0 Å². The van der Waals surface area contributed by atoms with Crippen molar-refractivity contribution in [3.05, 3.63) is 47.0 Å². The maximum Gasteiger partial charge on any atom is 0.387 e. The summed E-state index contributed by atoms with van der Waals surface area (Å²) in [6.07, 6.45) is -0.397. The predicted molar refractivity (Wildman–Crippen MR) is 84.1 cm³/mol. The van der Waals surface area contributed by atoms with E-state index >= 15 is 0 Å². The maximum absolute atomic E-state index is 12.2. The number of carbonyl (C=O) groups excluding carboxylic acids is 3. The molecular weight excluding hydrogens is 316 g/mol. The maximum atomic E-state index is 12.2. The van der Waals surface area contributed by atoms with Crippen molar-refractivity contribution in [3.8, 4) is 0 Å². The number of benzene rings is 1. The smallest absolute Gasteiger partial charge is 0.387 e. The second-order valence-electron chi connectivity index (χ2n) is 5.16. The van der Waals surface area contributed by atoms with Crippen LogP contribution in [0, 0.1) is 0 Å². The van der Waals surface area contributed by atoms with Gasteiger partial charge in [-0.3, -0.25) is 0 Å². The largest absolute Gasteiger partial charge is 0.459 e. The fourth-order valence-corrected chi connectivity index (χ4v) is 1.77. The number of aliphatic hydroxyl groups is 1. The Morgan fingerprint density at radius 1 is 1.21 bits per heavy atom. The van der Waals surface area contributed by atoms with Crippen molar-refractivity contribution in [1.29, 1.82) is 0 Å². The molecule has 0 saturated heterocycles. The Morgan fingerprint density at radius 3 is 2.42 bits per heavy atom. The number of ether oxygens (including phenoxy) is 1. The Balaban J connectivity index is 3.06. The topological polar surface area (TPSA) is 99.1 Å². The Hall–Kier alpha value is -2.67. The Labute approximate surface area is 139 Å². The van der Waals surface area contributed by atoms with Gasteiger partial charge in [-0.15, -0.1) is 0 Å². The molecule has 1 rings (SSSR count). The normalized spacial score (nSPS) is 11.3. The SMILES string of the molecule is C=C(C)C(=O)OOC(=O)c1c(CC)cccc1C(=O)OCC(C)O. The Morgan fingerprint density at radius 2 is 1.88 bits per heavy atom. The first-order chi connectivity index (χ1) is 11.3. The van der Waals surface area contributed by atoms with Gasteiger partial charge in [-0.2, -0.15) is 0 Å². The van der Waals surface area contributed by atoms with Gasteiger partial charge < -0.3 is 9.84 Å². The Bertz CT molecular complexity index is 646. The van der Waals surface area contributed by atoms with E-state index in [1.807, 2.05) is 0 Å².